The van der Waals surface area contributed by atoms with E-state index in [-0.39, 0.29) is 172 Å². The van der Waals surface area contributed by atoms with Gasteiger partial charge in [0.15, 0.2) is 0 Å². The van der Waals surface area contributed by atoms with Gasteiger partial charge in [0.1, 0.15) is 0 Å². The Hall–Kier alpha value is 5.17. The van der Waals surface area contributed by atoms with Crippen LogP contribution in [0.3, 0.4) is 0 Å². The fourth-order valence-corrected chi connectivity index (χ4v) is 0. The van der Waals surface area contributed by atoms with Crippen molar-refractivity contribution in [1.82, 2.24) is 0 Å². The van der Waals surface area contributed by atoms with E-state index in [0.717, 1.165) is 0 Å². The molecule has 0 aromatic carbocycles. The number of rotatable bonds is 0. The van der Waals surface area contributed by atoms with Crippen molar-refractivity contribution in [2.45, 2.75) is 0 Å². The molecule has 0 radical (unpaired) electrons. The summed E-state index contributed by atoms with van der Waals surface area (Å²) in [6.07, 6.45) is 0. The summed E-state index contributed by atoms with van der Waals surface area (Å²) < 4.78 is 0. The van der Waals surface area contributed by atoms with Gasteiger partial charge in [0, 0.05) is 0 Å². The van der Waals surface area contributed by atoms with Crippen molar-refractivity contribution in [3.63, 3.8) is 0 Å². The predicted molar refractivity (Wildman–Crippen MR) is 0 cm³/mol. The monoisotopic (exact) mass is 587 g/mol. The third kappa shape index (κ3) is 22.9. The second-order valence-electron chi connectivity index (χ2n) is 0. The van der Waals surface area contributed by atoms with Crippen LogP contribution in [0.15, 0.2) is 0 Å². The second kappa shape index (κ2) is 32.0. The maximum atomic E-state index is 0. The summed E-state index contributed by atoms with van der Waals surface area (Å²) in [5, 5.41) is 0. The van der Waals surface area contributed by atoms with Crippen molar-refractivity contribution >= 4 is 0 Å². The van der Waals surface area contributed by atoms with E-state index >= 15 is 0 Å². The van der Waals surface area contributed by atoms with Gasteiger partial charge in [-0.05, 0) is 0 Å². The van der Waals surface area contributed by atoms with Gasteiger partial charge in [0.2, 0.25) is 0 Å². The maximum absolute atomic E-state index is 0. The minimum Gasteiger partial charge on any atom is -1.00 e. The van der Waals surface area contributed by atoms with E-state index in [0.29, 0.717) is 0 Å². The molecule has 0 unspecified atom stereocenters. The Morgan fingerprint density at radius 2 is 0.500 bits per heavy atom. The Balaban J connectivity index is 0. The molecule has 0 rings (SSSR count). The molecule has 0 N–H and O–H groups in total. The van der Waals surface area contributed by atoms with E-state index in [1.54, 1.807) is 0 Å². The molecule has 0 aliphatic rings. The van der Waals surface area contributed by atoms with Crippen LogP contribution in [0.1, 0.15) is 0 Å². The SMILES string of the molecule is [Br-].[Br-].[Br-].[Br-].[Cs+].[La+3]. The zero-order chi connectivity index (χ0) is 0. The van der Waals surface area contributed by atoms with Gasteiger partial charge in [-0.2, -0.15) is 0 Å². The first-order valence-corrected chi connectivity index (χ1v) is 0. The molecule has 0 heterocycles. The fraction of sp³-hybridized carbons (Fsp3) is 0. The molecule has 0 aliphatic carbocycles. The van der Waals surface area contributed by atoms with Gasteiger partial charge in [0.25, 0.3) is 0 Å². The van der Waals surface area contributed by atoms with Crippen molar-refractivity contribution in [2.24, 2.45) is 0 Å². The van der Waals surface area contributed by atoms with Crippen molar-refractivity contribution < 1.29 is 172 Å². The van der Waals surface area contributed by atoms with E-state index in [4.69, 9.17) is 0 Å². The zero-order valence-electron chi connectivity index (χ0n) is 3.09. The Morgan fingerprint density at radius 1 is 0.500 bits per heavy atom. The van der Waals surface area contributed by atoms with Crippen LogP contribution in [0.25, 0.3) is 0 Å². The predicted octanol–water partition coefficient (Wildman–Crippen LogP) is -15.0. The van der Waals surface area contributed by atoms with Crippen molar-refractivity contribution in [3.8, 4) is 0 Å². The third-order valence-corrected chi connectivity index (χ3v) is 0. The molecule has 0 nitrogen and oxygen atoms in total. The standard InChI is InChI=1S/4BrH.Cs.La/h4*1H;;/q;;;;+1;+3/p-4. The molecule has 0 saturated heterocycles. The molecule has 32 valence electrons. The molecule has 0 bridgehead atoms. The summed E-state index contributed by atoms with van der Waals surface area (Å²) in [5.41, 5.74) is 0. The Morgan fingerprint density at radius 3 is 0.500 bits per heavy atom. The molecule has 0 aliphatic heterocycles. The normalized spacial score (nSPS) is 0. The molecule has 6 heteroatoms. The smallest absolute Gasteiger partial charge is 1.00 e. The van der Waals surface area contributed by atoms with Gasteiger partial charge in [-0.25, -0.2) is 0 Å². The van der Waals surface area contributed by atoms with Crippen LogP contribution >= 0.6 is 0 Å². The average molecular weight is 591 g/mol. The van der Waals surface area contributed by atoms with Gasteiger partial charge in [-0.15, -0.1) is 0 Å². The molecule has 0 saturated carbocycles. The molecular weight excluding hydrogens is 591 g/mol. The van der Waals surface area contributed by atoms with Crippen LogP contribution in [0.2, 0.25) is 0 Å². The summed E-state index contributed by atoms with van der Waals surface area (Å²) in [5.74, 6) is 0. The van der Waals surface area contributed by atoms with Gasteiger partial charge in [-0.3, -0.25) is 0 Å². The van der Waals surface area contributed by atoms with Gasteiger partial charge in [-0.1, -0.05) is 0 Å². The van der Waals surface area contributed by atoms with Gasteiger partial charge >= 0.3 is 104 Å². The minimum absolute atomic E-state index is 0. The minimum atomic E-state index is 0. The molecule has 0 fully saturated rings. The van der Waals surface area contributed by atoms with Crippen LogP contribution in [0.4, 0.5) is 0 Å². The van der Waals surface area contributed by atoms with Crippen LogP contribution in [-0.2, 0) is 0 Å². The van der Waals surface area contributed by atoms with Gasteiger partial charge in [0.05, 0.1) is 0 Å². The summed E-state index contributed by atoms with van der Waals surface area (Å²) in [7, 11) is 0. The summed E-state index contributed by atoms with van der Waals surface area (Å²) in [4.78, 5) is 0. The van der Waals surface area contributed by atoms with Crippen LogP contribution in [0, 0.1) is 35.6 Å². The summed E-state index contributed by atoms with van der Waals surface area (Å²) in [6.45, 7) is 0. The van der Waals surface area contributed by atoms with E-state index in [9.17, 15) is 0 Å². The first kappa shape index (κ1) is 43.2. The van der Waals surface area contributed by atoms with Crippen molar-refractivity contribution in [1.29, 1.82) is 0 Å². The molecular formula is Br4CsLa. The number of hydrogen-bond acceptors (Lipinski definition) is 0. The van der Waals surface area contributed by atoms with E-state index in [1.807, 2.05) is 0 Å². The summed E-state index contributed by atoms with van der Waals surface area (Å²) in [6, 6.07) is 0. The second-order valence-corrected chi connectivity index (χ2v) is 0. The summed E-state index contributed by atoms with van der Waals surface area (Å²) >= 11 is 0. The third-order valence-electron chi connectivity index (χ3n) is 0. The average Bonchev–Trinajstić information content (AvgIpc) is 0. The number of halogens is 4. The Kier molecular flexibility index (Phi) is 231. The topological polar surface area (TPSA) is 0 Å². The largest absolute Gasteiger partial charge is 3.00 e. The molecule has 0 aromatic heterocycles. The Bertz CT molecular complexity index is 7.51. The first-order valence-electron chi connectivity index (χ1n) is 0. The number of hydrogen-bond donors (Lipinski definition) is 0. The van der Waals surface area contributed by atoms with Crippen molar-refractivity contribution in [3.05, 3.63) is 0 Å². The Labute approximate surface area is 167 Å². The molecule has 0 atom stereocenters. The van der Waals surface area contributed by atoms with Crippen LogP contribution in [0.5, 0.6) is 0 Å². The van der Waals surface area contributed by atoms with Crippen LogP contribution < -0.4 is 137 Å². The van der Waals surface area contributed by atoms with Gasteiger partial charge < -0.3 is 67.9 Å². The first-order chi connectivity index (χ1) is 0. The quantitative estimate of drug-likeness (QED) is 0.263. The van der Waals surface area contributed by atoms with E-state index in [1.165, 1.54) is 0 Å². The molecule has 6 heavy (non-hydrogen) atoms. The van der Waals surface area contributed by atoms with Crippen LogP contribution in [-0.4, -0.2) is 0 Å². The maximum Gasteiger partial charge on any atom is 3.00 e. The molecule has 0 aromatic rings. The van der Waals surface area contributed by atoms with Crippen molar-refractivity contribution in [2.75, 3.05) is 0 Å². The van der Waals surface area contributed by atoms with E-state index in [2.05, 4.69) is 0 Å². The van der Waals surface area contributed by atoms with E-state index < -0.39 is 0 Å². The molecule has 0 amide bonds. The zero-order valence-corrected chi connectivity index (χ0v) is 19.3. The molecule has 0 spiro atoms. The fourth-order valence-electron chi connectivity index (χ4n) is 0.